The monoisotopic (exact) mass is 235 g/mol. The lowest BCUT2D eigenvalue weighted by atomic mass is 9.78. The highest BCUT2D eigenvalue weighted by Gasteiger charge is 2.34. The third kappa shape index (κ3) is 2.86. The molecule has 0 spiro atoms. The Labute approximate surface area is 103 Å². The van der Waals surface area contributed by atoms with Gasteiger partial charge in [-0.2, -0.15) is 0 Å². The van der Waals surface area contributed by atoms with Gasteiger partial charge >= 0.3 is 5.97 Å². The average Bonchev–Trinajstić information content (AvgIpc) is 2.29. The first-order chi connectivity index (χ1) is 7.91. The van der Waals surface area contributed by atoms with Crippen LogP contribution < -0.4 is 5.32 Å². The molecule has 0 aliphatic carbocycles. The number of aliphatic carboxylic acids is 1. The van der Waals surface area contributed by atoms with Gasteiger partial charge in [0.2, 0.25) is 0 Å². The second kappa shape index (κ2) is 5.32. The number of aryl methyl sites for hydroxylation is 2. The van der Waals surface area contributed by atoms with Crippen molar-refractivity contribution in [1.82, 2.24) is 5.32 Å². The molecule has 17 heavy (non-hydrogen) atoms. The van der Waals surface area contributed by atoms with Crippen molar-refractivity contribution in [1.29, 1.82) is 0 Å². The molecular formula is C14H21NO2. The van der Waals surface area contributed by atoms with Crippen molar-refractivity contribution in [3.05, 3.63) is 34.9 Å². The van der Waals surface area contributed by atoms with E-state index in [0.717, 1.165) is 11.1 Å². The Bertz CT molecular complexity index is 415. The molecule has 0 bridgehead atoms. The molecule has 0 aliphatic rings. The smallest absolute Gasteiger partial charge is 0.313 e. The fourth-order valence-electron chi connectivity index (χ4n) is 1.83. The van der Waals surface area contributed by atoms with Gasteiger partial charge in [0, 0.05) is 0 Å². The molecule has 94 valence electrons. The van der Waals surface area contributed by atoms with Crippen molar-refractivity contribution in [2.24, 2.45) is 0 Å². The van der Waals surface area contributed by atoms with Crippen LogP contribution in [0.3, 0.4) is 0 Å². The fourth-order valence-corrected chi connectivity index (χ4v) is 1.83. The van der Waals surface area contributed by atoms with E-state index in [9.17, 15) is 9.90 Å². The molecule has 0 saturated heterocycles. The van der Waals surface area contributed by atoms with E-state index in [4.69, 9.17) is 0 Å². The summed E-state index contributed by atoms with van der Waals surface area (Å²) in [5.41, 5.74) is 2.39. The molecule has 0 heterocycles. The molecule has 1 aromatic rings. The van der Waals surface area contributed by atoms with Gasteiger partial charge in [-0.3, -0.25) is 4.79 Å². The Kier molecular flexibility index (Phi) is 4.29. The number of benzene rings is 1. The molecule has 0 aromatic heterocycles. The molecule has 3 heteroatoms. The summed E-state index contributed by atoms with van der Waals surface area (Å²) in [5, 5.41) is 12.5. The number of nitrogens with one attached hydrogen (secondary N) is 1. The number of rotatable bonds is 5. The summed E-state index contributed by atoms with van der Waals surface area (Å²) in [5.74, 6) is -0.768. The van der Waals surface area contributed by atoms with Gasteiger partial charge in [0.25, 0.3) is 0 Å². The lowest BCUT2D eigenvalue weighted by molar-refractivity contribution is -0.143. The van der Waals surface area contributed by atoms with Gasteiger partial charge in [-0.1, -0.05) is 18.2 Å². The SMILES string of the molecule is CNCCC(C)(C(=O)O)c1ccc(C)c(C)c1. The maximum atomic E-state index is 11.5. The summed E-state index contributed by atoms with van der Waals surface area (Å²) in [7, 11) is 1.84. The summed E-state index contributed by atoms with van der Waals surface area (Å²) >= 11 is 0. The van der Waals surface area contributed by atoms with E-state index in [1.807, 2.05) is 39.1 Å². The number of carbonyl (C=O) groups is 1. The minimum absolute atomic E-state index is 0.585. The van der Waals surface area contributed by atoms with E-state index in [1.165, 1.54) is 5.56 Å². The molecule has 1 atom stereocenters. The van der Waals surface area contributed by atoms with Crippen LogP contribution in [0.1, 0.15) is 30.0 Å². The molecule has 0 radical (unpaired) electrons. The number of hydrogen-bond donors (Lipinski definition) is 2. The van der Waals surface area contributed by atoms with E-state index in [0.29, 0.717) is 13.0 Å². The Morgan fingerprint density at radius 2 is 2.00 bits per heavy atom. The maximum Gasteiger partial charge on any atom is 0.313 e. The third-order valence-corrected chi connectivity index (χ3v) is 3.49. The lowest BCUT2D eigenvalue weighted by Gasteiger charge is -2.26. The highest BCUT2D eigenvalue weighted by molar-refractivity contribution is 5.81. The molecule has 2 N–H and O–H groups in total. The van der Waals surface area contributed by atoms with Gasteiger partial charge in [0.05, 0.1) is 5.41 Å². The second-order valence-corrected chi connectivity index (χ2v) is 4.79. The molecule has 0 saturated carbocycles. The van der Waals surface area contributed by atoms with Crippen molar-refractivity contribution < 1.29 is 9.90 Å². The van der Waals surface area contributed by atoms with E-state index < -0.39 is 11.4 Å². The second-order valence-electron chi connectivity index (χ2n) is 4.79. The van der Waals surface area contributed by atoms with E-state index in [1.54, 1.807) is 6.92 Å². The first kappa shape index (κ1) is 13.7. The van der Waals surface area contributed by atoms with Gasteiger partial charge in [-0.15, -0.1) is 0 Å². The maximum absolute atomic E-state index is 11.5. The predicted molar refractivity (Wildman–Crippen MR) is 69.4 cm³/mol. The number of hydrogen-bond acceptors (Lipinski definition) is 2. The first-order valence-corrected chi connectivity index (χ1v) is 5.87. The normalized spacial score (nSPS) is 14.4. The standard InChI is InChI=1S/C14H21NO2/c1-10-5-6-12(9-11(10)2)14(3,13(16)17)7-8-15-4/h5-6,9,15H,7-8H2,1-4H3,(H,16,17). The van der Waals surface area contributed by atoms with Gasteiger partial charge in [0.1, 0.15) is 0 Å². The van der Waals surface area contributed by atoms with E-state index >= 15 is 0 Å². The fraction of sp³-hybridized carbons (Fsp3) is 0.500. The van der Waals surface area contributed by atoms with Crippen LogP contribution in [0.15, 0.2) is 18.2 Å². The van der Waals surface area contributed by atoms with Crippen molar-refractivity contribution in [2.75, 3.05) is 13.6 Å². The summed E-state index contributed by atoms with van der Waals surface area (Å²) in [6.45, 7) is 6.52. The van der Waals surface area contributed by atoms with Crippen LogP contribution in [-0.4, -0.2) is 24.7 Å². The van der Waals surface area contributed by atoms with Crippen LogP contribution in [0.4, 0.5) is 0 Å². The molecule has 0 aliphatic heterocycles. The predicted octanol–water partition coefficient (Wildman–Crippen LogP) is 2.26. The van der Waals surface area contributed by atoms with Crippen LogP contribution >= 0.6 is 0 Å². The number of carboxylic acids is 1. The number of carboxylic acid groups (broad SMARTS) is 1. The molecule has 3 nitrogen and oxygen atoms in total. The van der Waals surface area contributed by atoms with Crippen LogP contribution in [0.25, 0.3) is 0 Å². The highest BCUT2D eigenvalue weighted by Crippen LogP contribution is 2.29. The summed E-state index contributed by atoms with van der Waals surface area (Å²) in [6, 6.07) is 5.90. The van der Waals surface area contributed by atoms with Crippen LogP contribution in [0, 0.1) is 13.8 Å². The zero-order chi connectivity index (χ0) is 13.1. The van der Waals surface area contributed by atoms with E-state index in [-0.39, 0.29) is 0 Å². The topological polar surface area (TPSA) is 49.3 Å². The Morgan fingerprint density at radius 3 is 2.47 bits per heavy atom. The molecule has 1 unspecified atom stereocenters. The minimum Gasteiger partial charge on any atom is -0.481 e. The molecule has 1 rings (SSSR count). The Balaban J connectivity index is 3.13. The van der Waals surface area contributed by atoms with Crippen LogP contribution in [-0.2, 0) is 10.2 Å². The summed E-state index contributed by atoms with van der Waals surface area (Å²) in [6.07, 6.45) is 0.585. The lowest BCUT2D eigenvalue weighted by Crippen LogP contribution is -2.35. The van der Waals surface area contributed by atoms with Gasteiger partial charge in [-0.05, 0) is 57.5 Å². The van der Waals surface area contributed by atoms with Crippen molar-refractivity contribution in [3.63, 3.8) is 0 Å². The van der Waals surface area contributed by atoms with Gasteiger partial charge in [-0.25, -0.2) is 0 Å². The van der Waals surface area contributed by atoms with Crippen molar-refractivity contribution in [3.8, 4) is 0 Å². The summed E-state index contributed by atoms with van der Waals surface area (Å²) in [4.78, 5) is 11.5. The zero-order valence-electron chi connectivity index (χ0n) is 11.0. The first-order valence-electron chi connectivity index (χ1n) is 5.87. The largest absolute Gasteiger partial charge is 0.481 e. The van der Waals surface area contributed by atoms with Crippen LogP contribution in [0.5, 0.6) is 0 Å². The molecule has 1 aromatic carbocycles. The molecule has 0 fully saturated rings. The third-order valence-electron chi connectivity index (χ3n) is 3.49. The Morgan fingerprint density at radius 1 is 1.35 bits per heavy atom. The molecular weight excluding hydrogens is 214 g/mol. The van der Waals surface area contributed by atoms with Gasteiger partial charge < -0.3 is 10.4 Å². The molecule has 0 amide bonds. The van der Waals surface area contributed by atoms with Gasteiger partial charge in [0.15, 0.2) is 0 Å². The minimum atomic E-state index is -0.818. The highest BCUT2D eigenvalue weighted by atomic mass is 16.4. The van der Waals surface area contributed by atoms with Crippen molar-refractivity contribution in [2.45, 2.75) is 32.6 Å². The Hall–Kier alpha value is -1.35. The van der Waals surface area contributed by atoms with Crippen molar-refractivity contribution >= 4 is 5.97 Å². The quantitative estimate of drug-likeness (QED) is 0.823. The summed E-state index contributed by atoms with van der Waals surface area (Å²) < 4.78 is 0. The van der Waals surface area contributed by atoms with E-state index in [2.05, 4.69) is 5.32 Å². The van der Waals surface area contributed by atoms with Crippen LogP contribution in [0.2, 0.25) is 0 Å². The average molecular weight is 235 g/mol. The zero-order valence-corrected chi connectivity index (χ0v) is 11.0.